The second-order valence-corrected chi connectivity index (χ2v) is 4.52. The van der Waals surface area contributed by atoms with Gasteiger partial charge in [-0.2, -0.15) is 5.10 Å². The molecule has 0 saturated heterocycles. The van der Waals surface area contributed by atoms with Crippen molar-refractivity contribution in [3.63, 3.8) is 0 Å². The van der Waals surface area contributed by atoms with Crippen LogP contribution in [0.4, 0.5) is 5.69 Å². The topological polar surface area (TPSA) is 75.6 Å². The molecule has 6 nitrogen and oxygen atoms in total. The zero-order valence-corrected chi connectivity index (χ0v) is 12.5. The van der Waals surface area contributed by atoms with E-state index in [2.05, 4.69) is 20.8 Å². The summed E-state index contributed by atoms with van der Waals surface area (Å²) in [5.41, 5.74) is 4.90. The van der Waals surface area contributed by atoms with Gasteiger partial charge in [0.15, 0.2) is 0 Å². The number of hydrogen-bond acceptors (Lipinski definition) is 5. The molecule has 0 radical (unpaired) electrons. The lowest BCUT2D eigenvalue weighted by Gasteiger charge is -2.10. The molecule has 2 N–H and O–H groups in total. The number of carbonyl (C=O) groups is 1. The van der Waals surface area contributed by atoms with E-state index in [0.29, 0.717) is 11.5 Å². The summed E-state index contributed by atoms with van der Waals surface area (Å²) in [6.45, 7) is 1.93. The maximum atomic E-state index is 11.8. The fraction of sp³-hybridized carbons (Fsp3) is 0.188. The first kappa shape index (κ1) is 15.5. The predicted octanol–water partition coefficient (Wildman–Crippen LogP) is 2.04. The van der Waals surface area contributed by atoms with Gasteiger partial charge in [-0.05, 0) is 31.2 Å². The molecule has 0 bridgehead atoms. The van der Waals surface area contributed by atoms with Crippen LogP contribution in [0, 0.1) is 0 Å². The maximum Gasteiger partial charge on any atom is 0.259 e. The van der Waals surface area contributed by atoms with Crippen molar-refractivity contribution in [2.24, 2.45) is 5.10 Å². The highest BCUT2D eigenvalue weighted by molar-refractivity contribution is 5.99. The van der Waals surface area contributed by atoms with Crippen molar-refractivity contribution in [2.45, 2.75) is 6.92 Å². The molecule has 114 valence electrons. The van der Waals surface area contributed by atoms with E-state index in [1.807, 2.05) is 43.3 Å². The summed E-state index contributed by atoms with van der Waals surface area (Å²) in [7, 11) is 1.59. The molecular weight excluding hydrogens is 280 g/mol. The first-order chi connectivity index (χ1) is 10.7. The predicted molar refractivity (Wildman–Crippen MR) is 86.1 cm³/mol. The van der Waals surface area contributed by atoms with E-state index in [-0.39, 0.29) is 12.5 Å². The summed E-state index contributed by atoms with van der Waals surface area (Å²) in [5.74, 6) is 0.450. The minimum Gasteiger partial charge on any atom is -0.495 e. The van der Waals surface area contributed by atoms with Gasteiger partial charge < -0.3 is 10.1 Å². The number of rotatable bonds is 6. The van der Waals surface area contributed by atoms with Crippen molar-refractivity contribution in [3.05, 3.63) is 54.4 Å². The molecule has 0 aliphatic carbocycles. The van der Waals surface area contributed by atoms with E-state index in [1.54, 1.807) is 19.5 Å². The Labute approximate surface area is 129 Å². The van der Waals surface area contributed by atoms with Gasteiger partial charge >= 0.3 is 0 Å². The smallest absolute Gasteiger partial charge is 0.259 e. The van der Waals surface area contributed by atoms with Gasteiger partial charge in [0.1, 0.15) is 5.75 Å². The van der Waals surface area contributed by atoms with Crippen LogP contribution in [0.25, 0.3) is 0 Å². The fourth-order valence-corrected chi connectivity index (χ4v) is 1.81. The average Bonchev–Trinajstić information content (AvgIpc) is 2.58. The third kappa shape index (κ3) is 4.31. The summed E-state index contributed by atoms with van der Waals surface area (Å²) in [6, 6.07) is 11.1. The highest BCUT2D eigenvalue weighted by Crippen LogP contribution is 2.22. The minimum atomic E-state index is -0.237. The summed E-state index contributed by atoms with van der Waals surface area (Å²) in [4.78, 5) is 15.8. The van der Waals surface area contributed by atoms with Crippen LogP contribution in [0.5, 0.6) is 5.75 Å². The first-order valence-corrected chi connectivity index (χ1v) is 6.81. The van der Waals surface area contributed by atoms with Crippen LogP contribution in [-0.4, -0.2) is 30.3 Å². The van der Waals surface area contributed by atoms with Gasteiger partial charge in [0, 0.05) is 18.0 Å². The quantitative estimate of drug-likeness (QED) is 0.632. The lowest BCUT2D eigenvalue weighted by atomic mass is 10.2. The Bertz CT molecular complexity index is 656. The lowest BCUT2D eigenvalue weighted by Crippen LogP contribution is -2.26. The second kappa shape index (κ2) is 7.78. The Kier molecular flexibility index (Phi) is 5.48. The highest BCUT2D eigenvalue weighted by atomic mass is 16.5. The number of hydrogen-bond donors (Lipinski definition) is 2. The number of nitrogens with one attached hydrogen (secondary N) is 2. The number of aromatic nitrogens is 1. The standard InChI is InChI=1S/C16H18N4O2/c1-12(13-7-9-17-10-8-13)19-20-16(21)11-18-14-5-3-4-6-15(14)22-2/h3-10,18H,11H2,1-2H3,(H,20,21)/b19-12+. The third-order valence-corrected chi connectivity index (χ3v) is 2.99. The Hall–Kier alpha value is -2.89. The minimum absolute atomic E-state index is 0.105. The Morgan fingerprint density at radius 2 is 1.95 bits per heavy atom. The van der Waals surface area contributed by atoms with Crippen LogP contribution in [0.15, 0.2) is 53.9 Å². The number of methoxy groups -OCH3 is 1. The van der Waals surface area contributed by atoms with Crippen LogP contribution >= 0.6 is 0 Å². The molecule has 0 fully saturated rings. The second-order valence-electron chi connectivity index (χ2n) is 4.52. The molecule has 1 aromatic carbocycles. The number of nitrogens with zero attached hydrogens (tertiary/aromatic N) is 2. The van der Waals surface area contributed by atoms with E-state index in [0.717, 1.165) is 11.3 Å². The van der Waals surface area contributed by atoms with E-state index < -0.39 is 0 Å². The molecule has 0 saturated carbocycles. The largest absolute Gasteiger partial charge is 0.495 e. The van der Waals surface area contributed by atoms with Crippen molar-refractivity contribution in [1.82, 2.24) is 10.4 Å². The van der Waals surface area contributed by atoms with E-state index >= 15 is 0 Å². The number of anilines is 1. The molecule has 22 heavy (non-hydrogen) atoms. The maximum absolute atomic E-state index is 11.8. The Morgan fingerprint density at radius 1 is 1.23 bits per heavy atom. The zero-order chi connectivity index (χ0) is 15.8. The fourth-order valence-electron chi connectivity index (χ4n) is 1.81. The summed E-state index contributed by atoms with van der Waals surface area (Å²) in [6.07, 6.45) is 3.36. The molecule has 0 spiro atoms. The molecule has 0 aliphatic heterocycles. The van der Waals surface area contributed by atoms with Crippen molar-refractivity contribution < 1.29 is 9.53 Å². The Morgan fingerprint density at radius 3 is 2.68 bits per heavy atom. The van der Waals surface area contributed by atoms with Gasteiger partial charge in [-0.15, -0.1) is 0 Å². The number of carbonyl (C=O) groups excluding carboxylic acids is 1. The van der Waals surface area contributed by atoms with E-state index in [4.69, 9.17) is 4.74 Å². The molecular formula is C16H18N4O2. The summed E-state index contributed by atoms with van der Waals surface area (Å²) in [5, 5.41) is 7.08. The highest BCUT2D eigenvalue weighted by Gasteiger charge is 2.04. The molecule has 0 atom stereocenters. The number of ether oxygens (including phenoxy) is 1. The van der Waals surface area contributed by atoms with Gasteiger partial charge in [0.2, 0.25) is 0 Å². The normalized spacial score (nSPS) is 10.9. The van der Waals surface area contributed by atoms with Crippen LogP contribution in [0.3, 0.4) is 0 Å². The average molecular weight is 298 g/mol. The SMILES string of the molecule is COc1ccccc1NCC(=O)N/N=C(\C)c1ccncc1. The molecule has 2 rings (SSSR count). The van der Waals surface area contributed by atoms with Gasteiger partial charge in [-0.25, -0.2) is 5.43 Å². The number of hydrazone groups is 1. The molecule has 0 aliphatic rings. The van der Waals surface area contributed by atoms with Gasteiger partial charge in [0.25, 0.3) is 5.91 Å². The molecule has 0 unspecified atom stereocenters. The van der Waals surface area contributed by atoms with Crippen molar-refractivity contribution >= 4 is 17.3 Å². The van der Waals surface area contributed by atoms with Crippen molar-refractivity contribution in [3.8, 4) is 5.75 Å². The first-order valence-electron chi connectivity index (χ1n) is 6.81. The number of para-hydroxylation sites is 2. The van der Waals surface area contributed by atoms with Crippen molar-refractivity contribution in [1.29, 1.82) is 0 Å². The van der Waals surface area contributed by atoms with E-state index in [9.17, 15) is 4.79 Å². The van der Waals surface area contributed by atoms with Crippen LogP contribution in [0.2, 0.25) is 0 Å². The molecule has 2 aromatic rings. The molecule has 6 heteroatoms. The summed E-state index contributed by atoms with van der Waals surface area (Å²) < 4.78 is 5.21. The number of benzene rings is 1. The lowest BCUT2D eigenvalue weighted by molar-refractivity contribution is -0.119. The van der Waals surface area contributed by atoms with Crippen LogP contribution in [-0.2, 0) is 4.79 Å². The van der Waals surface area contributed by atoms with Gasteiger partial charge in [0.05, 0.1) is 25.1 Å². The van der Waals surface area contributed by atoms with Crippen molar-refractivity contribution in [2.75, 3.05) is 19.0 Å². The van der Waals surface area contributed by atoms with E-state index in [1.165, 1.54) is 0 Å². The Balaban J connectivity index is 1.88. The monoisotopic (exact) mass is 298 g/mol. The third-order valence-electron chi connectivity index (χ3n) is 2.99. The molecule has 1 aromatic heterocycles. The number of pyridine rings is 1. The zero-order valence-electron chi connectivity index (χ0n) is 12.5. The van der Waals surface area contributed by atoms with Crippen LogP contribution in [0.1, 0.15) is 12.5 Å². The van der Waals surface area contributed by atoms with Gasteiger partial charge in [-0.1, -0.05) is 12.1 Å². The van der Waals surface area contributed by atoms with Crippen LogP contribution < -0.4 is 15.5 Å². The number of amides is 1. The molecule has 1 amide bonds. The van der Waals surface area contributed by atoms with Gasteiger partial charge in [-0.3, -0.25) is 9.78 Å². The summed E-state index contributed by atoms with van der Waals surface area (Å²) >= 11 is 0. The molecule has 1 heterocycles.